The van der Waals surface area contributed by atoms with Crippen molar-refractivity contribution in [2.45, 2.75) is 25.7 Å². The zero-order valence-electron chi connectivity index (χ0n) is 19.0. The van der Waals surface area contributed by atoms with Gasteiger partial charge in [-0.3, -0.25) is 0 Å². The zero-order chi connectivity index (χ0) is 24.9. The summed E-state index contributed by atoms with van der Waals surface area (Å²) in [5.74, 6) is -2.30. The van der Waals surface area contributed by atoms with Gasteiger partial charge in [0.25, 0.3) is 0 Å². The molecule has 0 saturated carbocycles. The van der Waals surface area contributed by atoms with Crippen molar-refractivity contribution in [2.75, 3.05) is 0 Å². The minimum Gasteiger partial charge on any atom is -0.744 e. The van der Waals surface area contributed by atoms with Crippen LogP contribution in [0.3, 0.4) is 0 Å². The Morgan fingerprint density at radius 2 is 1.18 bits per heavy atom. The molecule has 0 radical (unpaired) electrons. The van der Waals surface area contributed by atoms with Crippen molar-refractivity contribution in [3.8, 4) is 0 Å². The summed E-state index contributed by atoms with van der Waals surface area (Å²) in [6, 6.07) is 28.2. The lowest BCUT2D eigenvalue weighted by Crippen LogP contribution is -2.24. The molecule has 0 aromatic heterocycles. The number of hydrogen-bond donors (Lipinski definition) is 0. The summed E-state index contributed by atoms with van der Waals surface area (Å²) in [5, 5.41) is 4.44. The second-order valence-electron chi connectivity index (χ2n) is 7.91. The highest BCUT2D eigenvalue weighted by molar-refractivity contribution is 7.85. The molecule has 0 spiro atoms. The van der Waals surface area contributed by atoms with Crippen LogP contribution in [0.25, 0.3) is 0 Å². The van der Waals surface area contributed by atoms with Gasteiger partial charge >= 0.3 is 0 Å². The molecule has 0 fully saturated rings. The smallest absolute Gasteiger partial charge is 0.143 e. The first-order valence-electron chi connectivity index (χ1n) is 10.5. The summed E-state index contributed by atoms with van der Waals surface area (Å²) in [6.45, 7) is 6.69. The molecule has 0 saturated heterocycles. The van der Waals surface area contributed by atoms with Crippen LogP contribution in [0.1, 0.15) is 16.7 Å². The maximum absolute atomic E-state index is 12.5. The molecule has 4 aromatic rings. The van der Waals surface area contributed by atoms with Crippen molar-refractivity contribution in [2.24, 2.45) is 0 Å². The van der Waals surface area contributed by atoms with Gasteiger partial charge in [0, 0.05) is 6.07 Å². The van der Waals surface area contributed by atoms with Crippen LogP contribution < -0.4 is 15.9 Å². The first-order chi connectivity index (χ1) is 16.1. The van der Waals surface area contributed by atoms with Gasteiger partial charge in [-0.2, -0.15) is 0 Å². The third-order valence-electron chi connectivity index (χ3n) is 5.22. The van der Waals surface area contributed by atoms with E-state index in [0.29, 0.717) is 18.2 Å². The third kappa shape index (κ3) is 6.35. The topological polar surface area (TPSA) is 57.2 Å². The highest BCUT2D eigenvalue weighted by atomic mass is 32.2. The Balaban J connectivity index is 0.000000229. The molecule has 176 valence electrons. The number of benzene rings is 4. The Kier molecular flexibility index (Phi) is 8.32. The molecule has 0 N–H and O–H groups in total. The summed E-state index contributed by atoms with van der Waals surface area (Å²) in [6.07, 6.45) is 0. The van der Waals surface area contributed by atoms with Crippen molar-refractivity contribution in [1.29, 1.82) is 0 Å². The summed E-state index contributed by atoms with van der Waals surface area (Å²) in [5.41, 5.74) is 4.18. The van der Waals surface area contributed by atoms with Crippen LogP contribution in [-0.2, 0) is 10.1 Å². The molecule has 4 rings (SSSR count). The number of aryl methyl sites for hydroxylation is 3. The minimum absolute atomic E-state index is 0.338. The molecule has 0 aliphatic heterocycles. The van der Waals surface area contributed by atoms with Crippen molar-refractivity contribution in [3.05, 3.63) is 119 Å². The average Bonchev–Trinajstić information content (AvgIpc) is 2.77. The van der Waals surface area contributed by atoms with Gasteiger partial charge in [0.15, 0.2) is 0 Å². The maximum Gasteiger partial charge on any atom is 0.143 e. The lowest BCUT2D eigenvalue weighted by molar-refractivity contribution is 0.453. The van der Waals surface area contributed by atoms with E-state index in [0.717, 1.165) is 0 Å². The molecule has 0 bridgehead atoms. The van der Waals surface area contributed by atoms with Crippen molar-refractivity contribution >= 4 is 34.0 Å². The van der Waals surface area contributed by atoms with Crippen molar-refractivity contribution in [3.63, 3.8) is 0 Å². The van der Waals surface area contributed by atoms with Crippen LogP contribution in [0.15, 0.2) is 95.9 Å². The Morgan fingerprint density at radius 3 is 1.59 bits per heavy atom. The Hall–Kier alpha value is -2.92. The molecule has 0 heterocycles. The van der Waals surface area contributed by atoms with Gasteiger partial charge in [-0.05, 0) is 68.3 Å². The molecular weight excluding hydrogens is 473 g/mol. The van der Waals surface area contributed by atoms with Gasteiger partial charge in [0.05, 0.1) is 12.8 Å². The lowest BCUT2D eigenvalue weighted by Gasteiger charge is -2.16. The molecular formula is C27H25F2O3PS. The predicted molar refractivity (Wildman–Crippen MR) is 135 cm³/mol. The number of rotatable bonds is 4. The zero-order valence-corrected chi connectivity index (χ0v) is 20.9. The van der Waals surface area contributed by atoms with Crippen LogP contribution in [0, 0.1) is 32.4 Å². The first-order valence-corrected chi connectivity index (χ1v) is 13.5. The van der Waals surface area contributed by atoms with E-state index in [1.807, 2.05) is 0 Å². The van der Waals surface area contributed by atoms with E-state index in [1.54, 1.807) is 0 Å². The van der Waals surface area contributed by atoms with E-state index >= 15 is 0 Å². The molecule has 0 unspecified atom stereocenters. The standard InChI is InChI=1S/C21H21P.C6H4F2O3S/c1-16-14-17(2)21(18(3)15-16)22(19-10-6-4-7-11-19)20-12-8-5-9-13-20;7-4-1-2-6(5(8)3-4)12(9,10)11/h4-15H,1-3H3;1-3H,(H,9,10,11). The first kappa shape index (κ1) is 25.7. The van der Waals surface area contributed by atoms with Gasteiger partial charge in [0.2, 0.25) is 0 Å². The second-order valence-corrected chi connectivity index (χ2v) is 11.7. The van der Waals surface area contributed by atoms with E-state index in [4.69, 9.17) is 0 Å². The number of hydrogen-bond acceptors (Lipinski definition) is 3. The highest BCUT2D eigenvalue weighted by Crippen LogP contribution is 2.35. The fourth-order valence-electron chi connectivity index (χ4n) is 3.92. The maximum atomic E-state index is 12.5. The molecule has 7 heteroatoms. The van der Waals surface area contributed by atoms with Crippen LogP contribution in [0.4, 0.5) is 8.78 Å². The van der Waals surface area contributed by atoms with E-state index in [9.17, 15) is 21.8 Å². The van der Waals surface area contributed by atoms with E-state index < -0.39 is 34.6 Å². The predicted octanol–water partition coefficient (Wildman–Crippen LogP) is 4.97. The van der Waals surface area contributed by atoms with Crippen LogP contribution >= 0.6 is 7.92 Å². The fourth-order valence-corrected chi connectivity index (χ4v) is 7.35. The summed E-state index contributed by atoms with van der Waals surface area (Å²) >= 11 is 0. The molecule has 4 aromatic carbocycles. The monoisotopic (exact) mass is 498 g/mol. The third-order valence-corrected chi connectivity index (χ3v) is 9.20. The van der Waals surface area contributed by atoms with Crippen LogP contribution in [0.5, 0.6) is 0 Å². The van der Waals surface area contributed by atoms with Crippen molar-refractivity contribution < 1.29 is 21.8 Å². The largest absolute Gasteiger partial charge is 0.744 e. The molecule has 0 aliphatic carbocycles. The van der Waals surface area contributed by atoms with Crippen LogP contribution in [0.2, 0.25) is 0 Å². The molecule has 0 atom stereocenters. The van der Waals surface area contributed by atoms with E-state index in [2.05, 4.69) is 93.6 Å². The van der Waals surface area contributed by atoms with Gasteiger partial charge in [-0.25, -0.2) is 17.2 Å². The Labute approximate surface area is 200 Å². The summed E-state index contributed by atoms with van der Waals surface area (Å²) in [4.78, 5) is -1.04. The second kappa shape index (κ2) is 11.0. The minimum atomic E-state index is -4.84. The Morgan fingerprint density at radius 1 is 0.706 bits per heavy atom. The highest BCUT2D eigenvalue weighted by Gasteiger charge is 2.28. The SMILES string of the molecule is Cc1cc(C)c([PH+](c2ccccc2)c2ccccc2)c(C)c1.O=S(=O)([O-])c1ccc(F)cc1F. The molecule has 0 amide bonds. The fraction of sp³-hybridized carbons (Fsp3) is 0.111. The average molecular weight is 499 g/mol. The van der Waals surface area contributed by atoms with Gasteiger partial charge in [0.1, 0.15) is 37.7 Å². The van der Waals surface area contributed by atoms with Gasteiger partial charge < -0.3 is 4.55 Å². The quantitative estimate of drug-likeness (QED) is 0.295. The summed E-state index contributed by atoms with van der Waals surface area (Å²) in [7, 11) is -5.80. The van der Waals surface area contributed by atoms with Crippen LogP contribution in [-0.4, -0.2) is 13.0 Å². The molecule has 34 heavy (non-hydrogen) atoms. The van der Waals surface area contributed by atoms with E-state index in [-0.39, 0.29) is 0 Å². The van der Waals surface area contributed by atoms with Gasteiger partial charge in [-0.1, -0.05) is 54.1 Å². The van der Waals surface area contributed by atoms with Crippen molar-refractivity contribution in [1.82, 2.24) is 0 Å². The lowest BCUT2D eigenvalue weighted by atomic mass is 10.1. The normalized spacial score (nSPS) is 11.1. The summed E-state index contributed by atoms with van der Waals surface area (Å²) < 4.78 is 55.5. The molecule has 3 nitrogen and oxygen atoms in total. The molecule has 0 aliphatic rings. The Bertz CT molecular complexity index is 1310. The van der Waals surface area contributed by atoms with Gasteiger partial charge in [-0.15, -0.1) is 0 Å². The van der Waals surface area contributed by atoms with E-state index in [1.165, 1.54) is 32.6 Å². The number of halogens is 2.